The Morgan fingerprint density at radius 3 is 2.72 bits per heavy atom. The average Bonchev–Trinajstić information content (AvgIpc) is 2.87. The van der Waals surface area contributed by atoms with Crippen molar-refractivity contribution in [2.75, 3.05) is 6.67 Å². The molecule has 2 aliphatic rings. The fourth-order valence-electron chi connectivity index (χ4n) is 2.05. The van der Waals surface area contributed by atoms with Gasteiger partial charge in [0, 0.05) is 0 Å². The largest absolute Gasteiger partial charge is 0.477 e. The first-order chi connectivity index (χ1) is 8.77. The second kappa shape index (κ2) is 4.03. The number of carboxylic acid groups (broad SMARTS) is 1. The van der Waals surface area contributed by atoms with Crippen molar-refractivity contribution >= 4 is 18.0 Å². The molecule has 0 unspecified atom stereocenters. The van der Waals surface area contributed by atoms with Gasteiger partial charge >= 0.3 is 5.97 Å². The van der Waals surface area contributed by atoms with Crippen LogP contribution in [0.15, 0.2) is 53.2 Å². The summed E-state index contributed by atoms with van der Waals surface area (Å²) in [5.74, 6) is -0.961. The van der Waals surface area contributed by atoms with Crippen LogP contribution < -0.4 is 0 Å². The van der Waals surface area contributed by atoms with Crippen LogP contribution in [0.3, 0.4) is 0 Å². The summed E-state index contributed by atoms with van der Waals surface area (Å²) in [6.45, 7) is 0.436. The zero-order valence-electron chi connectivity index (χ0n) is 9.52. The van der Waals surface area contributed by atoms with E-state index < -0.39 is 5.97 Å². The Bertz CT molecular complexity index is 575. The summed E-state index contributed by atoms with van der Waals surface area (Å²) in [6.07, 6.45) is 4.94. The number of aliphatic carboxylic acids is 1. The van der Waals surface area contributed by atoms with Crippen molar-refractivity contribution in [1.29, 1.82) is 0 Å². The number of hydrogen-bond donors (Lipinski definition) is 1. The molecule has 0 aliphatic carbocycles. The zero-order valence-corrected chi connectivity index (χ0v) is 9.52. The summed E-state index contributed by atoms with van der Waals surface area (Å²) in [7, 11) is 0. The molecule has 2 aliphatic heterocycles. The van der Waals surface area contributed by atoms with Crippen LogP contribution in [-0.4, -0.2) is 34.1 Å². The van der Waals surface area contributed by atoms with Crippen LogP contribution in [0.25, 0.3) is 5.70 Å². The minimum atomic E-state index is -0.961. The lowest BCUT2D eigenvalue weighted by atomic mass is 10.1. The van der Waals surface area contributed by atoms with Crippen LogP contribution in [0.5, 0.6) is 0 Å². The van der Waals surface area contributed by atoms with Crippen molar-refractivity contribution < 1.29 is 9.90 Å². The van der Waals surface area contributed by atoms with E-state index in [1.54, 1.807) is 11.1 Å². The van der Waals surface area contributed by atoms with E-state index in [0.29, 0.717) is 6.67 Å². The molecule has 3 rings (SSSR count). The second-order valence-electron chi connectivity index (χ2n) is 3.96. The Hall–Kier alpha value is -2.56. The molecule has 0 bridgehead atoms. The van der Waals surface area contributed by atoms with E-state index in [9.17, 15) is 4.79 Å². The molecule has 1 N–H and O–H groups in total. The molecule has 2 heterocycles. The number of hydrogen-bond acceptors (Lipinski definition) is 4. The molecule has 0 saturated heterocycles. The molecule has 0 saturated carbocycles. The van der Waals surface area contributed by atoms with Crippen LogP contribution in [0.2, 0.25) is 0 Å². The normalized spacial score (nSPS) is 17.3. The molecule has 1 aromatic carbocycles. The Labute approximate surface area is 104 Å². The van der Waals surface area contributed by atoms with Crippen LogP contribution in [0.4, 0.5) is 0 Å². The van der Waals surface area contributed by atoms with Gasteiger partial charge in [-0.15, -0.1) is 0 Å². The SMILES string of the molecule is O=C(O)C1=CC=C(c2ccccc2)N2CN=CN12. The molecular weight excluding hydrogens is 230 g/mol. The molecule has 1 aromatic rings. The van der Waals surface area contributed by atoms with Gasteiger partial charge in [-0.2, -0.15) is 0 Å². The van der Waals surface area contributed by atoms with Crippen LogP contribution in [0, 0.1) is 0 Å². The molecule has 0 radical (unpaired) electrons. The molecule has 5 nitrogen and oxygen atoms in total. The number of carbonyl (C=O) groups is 1. The highest BCUT2D eigenvalue weighted by molar-refractivity contribution is 5.91. The van der Waals surface area contributed by atoms with Crippen molar-refractivity contribution in [3.63, 3.8) is 0 Å². The van der Waals surface area contributed by atoms with E-state index in [4.69, 9.17) is 5.11 Å². The van der Waals surface area contributed by atoms with E-state index in [2.05, 4.69) is 4.99 Å². The summed E-state index contributed by atoms with van der Waals surface area (Å²) in [6, 6.07) is 9.83. The molecule has 5 heteroatoms. The van der Waals surface area contributed by atoms with Gasteiger partial charge in [0.2, 0.25) is 0 Å². The molecular formula is C13H11N3O2. The van der Waals surface area contributed by atoms with Crippen molar-refractivity contribution in [3.05, 3.63) is 53.7 Å². The second-order valence-corrected chi connectivity index (χ2v) is 3.96. The van der Waals surface area contributed by atoms with Crippen molar-refractivity contribution in [3.8, 4) is 0 Å². The van der Waals surface area contributed by atoms with E-state index >= 15 is 0 Å². The zero-order chi connectivity index (χ0) is 12.5. The standard InChI is InChI=1S/C13H11N3O2/c17-13(18)12-7-6-11(10-4-2-1-3-5-10)15-8-14-9-16(12)15/h1-7,9H,8H2,(H,17,18). The number of allylic oxidation sites excluding steroid dienone is 2. The van der Waals surface area contributed by atoms with Gasteiger partial charge in [0.25, 0.3) is 0 Å². The lowest BCUT2D eigenvalue weighted by molar-refractivity contribution is -0.135. The minimum Gasteiger partial charge on any atom is -0.477 e. The lowest BCUT2D eigenvalue weighted by Gasteiger charge is -2.33. The van der Waals surface area contributed by atoms with Gasteiger partial charge in [-0.25, -0.2) is 9.80 Å². The highest BCUT2D eigenvalue weighted by atomic mass is 16.4. The first-order valence-electron chi connectivity index (χ1n) is 5.55. The third-order valence-corrected chi connectivity index (χ3v) is 2.88. The maximum absolute atomic E-state index is 11.1. The van der Waals surface area contributed by atoms with E-state index in [1.807, 2.05) is 41.4 Å². The van der Waals surface area contributed by atoms with Crippen molar-refractivity contribution in [2.24, 2.45) is 4.99 Å². The quantitative estimate of drug-likeness (QED) is 0.853. The van der Waals surface area contributed by atoms with Gasteiger partial charge in [-0.05, 0) is 17.7 Å². The highest BCUT2D eigenvalue weighted by Crippen LogP contribution is 2.29. The Morgan fingerprint density at radius 1 is 1.22 bits per heavy atom. The molecule has 0 aromatic heterocycles. The molecule has 0 amide bonds. The number of benzene rings is 1. The topological polar surface area (TPSA) is 56.1 Å². The molecule has 90 valence electrons. The smallest absolute Gasteiger partial charge is 0.354 e. The highest BCUT2D eigenvalue weighted by Gasteiger charge is 2.29. The van der Waals surface area contributed by atoms with E-state index in [0.717, 1.165) is 11.3 Å². The number of rotatable bonds is 2. The predicted molar refractivity (Wildman–Crippen MR) is 67.2 cm³/mol. The summed E-state index contributed by atoms with van der Waals surface area (Å²) < 4.78 is 0. The van der Waals surface area contributed by atoms with Crippen LogP contribution in [0.1, 0.15) is 5.56 Å². The summed E-state index contributed by atoms with van der Waals surface area (Å²) in [5, 5.41) is 12.5. The maximum atomic E-state index is 11.1. The Morgan fingerprint density at radius 2 is 2.00 bits per heavy atom. The Kier molecular flexibility index (Phi) is 2.37. The fraction of sp³-hybridized carbons (Fsp3) is 0.0769. The number of nitrogens with zero attached hydrogens (tertiary/aromatic N) is 3. The lowest BCUT2D eigenvalue weighted by Crippen LogP contribution is -2.39. The van der Waals surface area contributed by atoms with E-state index in [1.165, 1.54) is 6.34 Å². The molecule has 0 fully saturated rings. The molecule has 18 heavy (non-hydrogen) atoms. The monoisotopic (exact) mass is 241 g/mol. The Balaban J connectivity index is 2.05. The predicted octanol–water partition coefficient (Wildman–Crippen LogP) is 1.53. The average molecular weight is 241 g/mol. The van der Waals surface area contributed by atoms with Crippen molar-refractivity contribution in [1.82, 2.24) is 10.0 Å². The van der Waals surface area contributed by atoms with Gasteiger partial charge < -0.3 is 5.11 Å². The van der Waals surface area contributed by atoms with Gasteiger partial charge in [0.1, 0.15) is 18.7 Å². The van der Waals surface area contributed by atoms with E-state index in [-0.39, 0.29) is 5.70 Å². The fourth-order valence-corrected chi connectivity index (χ4v) is 2.05. The van der Waals surface area contributed by atoms with Gasteiger partial charge in [0.15, 0.2) is 0 Å². The molecule has 0 spiro atoms. The van der Waals surface area contributed by atoms with Gasteiger partial charge in [-0.3, -0.25) is 10.0 Å². The summed E-state index contributed by atoms with van der Waals surface area (Å²) in [4.78, 5) is 15.2. The van der Waals surface area contributed by atoms with Crippen molar-refractivity contribution in [2.45, 2.75) is 0 Å². The third kappa shape index (κ3) is 1.57. The number of carboxylic acids is 1. The van der Waals surface area contributed by atoms with Crippen LogP contribution in [-0.2, 0) is 4.79 Å². The first-order valence-corrected chi connectivity index (χ1v) is 5.55. The number of hydrazine groups is 1. The summed E-state index contributed by atoms with van der Waals surface area (Å²) >= 11 is 0. The number of fused-ring (bicyclic) bond motifs is 1. The maximum Gasteiger partial charge on any atom is 0.354 e. The van der Waals surface area contributed by atoms with Gasteiger partial charge in [0.05, 0.1) is 5.70 Å². The van der Waals surface area contributed by atoms with Gasteiger partial charge in [-0.1, -0.05) is 30.3 Å². The van der Waals surface area contributed by atoms with Crippen LogP contribution >= 0.6 is 0 Å². The number of aliphatic imine (C=N–C) groups is 1. The first kappa shape index (κ1) is 10.6. The summed E-state index contributed by atoms with van der Waals surface area (Å²) in [5.41, 5.74) is 2.18. The molecule has 0 atom stereocenters. The third-order valence-electron chi connectivity index (χ3n) is 2.88. The minimum absolute atomic E-state index is 0.205.